The van der Waals surface area contributed by atoms with E-state index >= 15 is 0 Å². The van der Waals surface area contributed by atoms with Crippen LogP contribution in [-0.4, -0.2) is 4.57 Å². The maximum atomic E-state index is 6.85. The molecule has 0 amide bonds. The van der Waals surface area contributed by atoms with E-state index in [0.29, 0.717) is 0 Å². The van der Waals surface area contributed by atoms with Crippen molar-refractivity contribution in [3.63, 3.8) is 0 Å². The Morgan fingerprint density at radius 3 is 1.88 bits per heavy atom. The van der Waals surface area contributed by atoms with E-state index in [2.05, 4.69) is 264 Å². The SMILES string of the molecule is C1=CC2c3c(N(c4ccccc4)c4cccc5c6c(-c7ccccc7)c7c(cc6n(-c6ccc8ccccc8c6)c45)oc4ccccc47)cccc3C(c3ccccc3)(c3ccccc3)C2C=C1. The molecule has 0 saturated carbocycles. The normalized spacial score (nSPS) is 15.9. The Morgan fingerprint density at radius 1 is 0.471 bits per heavy atom. The quantitative estimate of drug-likeness (QED) is 0.159. The van der Waals surface area contributed by atoms with Crippen molar-refractivity contribution in [3.8, 4) is 16.8 Å². The fourth-order valence-electron chi connectivity index (χ4n) is 12.2. The molecule has 0 bridgehead atoms. The van der Waals surface area contributed by atoms with Crippen LogP contribution in [0, 0.1) is 5.92 Å². The molecule has 320 valence electrons. The average molecular weight is 869 g/mol. The molecule has 0 spiro atoms. The first kappa shape index (κ1) is 38.6. The standard InChI is InChI=1S/C65H44N2O/c1-5-22-44(23-6-1)60-62-52-33-19-37-56(64(52)67(49-40-39-43-21-13-14-24-45(43)41-49)57(62)42-59-63(60)51-32-16-18-38-58(51)68-59)66(48-29-11-4-12-30-48)55-36-20-35-54-61(55)50-31-15-17-34-53(50)65(54,46-25-7-2-8-26-46)47-27-9-3-10-28-47/h1-42,50,53H. The second-order valence-corrected chi connectivity index (χ2v) is 18.3. The third-order valence-electron chi connectivity index (χ3n) is 14.9. The van der Waals surface area contributed by atoms with E-state index in [4.69, 9.17) is 4.42 Å². The first-order valence-electron chi connectivity index (χ1n) is 23.7. The summed E-state index contributed by atoms with van der Waals surface area (Å²) in [5.41, 5.74) is 15.6. The molecule has 2 aliphatic rings. The van der Waals surface area contributed by atoms with Gasteiger partial charge in [0.2, 0.25) is 0 Å². The topological polar surface area (TPSA) is 21.3 Å². The van der Waals surface area contributed by atoms with Gasteiger partial charge in [-0.1, -0.05) is 206 Å². The highest BCUT2D eigenvalue weighted by Crippen LogP contribution is 2.62. The Hall–Kier alpha value is -8.66. The molecule has 2 heterocycles. The van der Waals surface area contributed by atoms with Crippen LogP contribution in [0.15, 0.2) is 259 Å². The van der Waals surface area contributed by atoms with E-state index in [1.54, 1.807) is 0 Å². The molecule has 0 aliphatic heterocycles. The summed E-state index contributed by atoms with van der Waals surface area (Å²) < 4.78 is 9.36. The lowest BCUT2D eigenvalue weighted by atomic mass is 9.63. The van der Waals surface area contributed by atoms with Crippen LogP contribution in [0.3, 0.4) is 0 Å². The third-order valence-corrected chi connectivity index (χ3v) is 14.9. The van der Waals surface area contributed by atoms with Crippen molar-refractivity contribution in [2.45, 2.75) is 11.3 Å². The first-order valence-corrected chi connectivity index (χ1v) is 23.7. The number of allylic oxidation sites excluding steroid dienone is 4. The Bertz CT molecular complexity index is 3940. The van der Waals surface area contributed by atoms with Crippen LogP contribution in [0.1, 0.15) is 28.2 Å². The smallest absolute Gasteiger partial charge is 0.138 e. The van der Waals surface area contributed by atoms with Crippen LogP contribution in [0.2, 0.25) is 0 Å². The predicted octanol–water partition coefficient (Wildman–Crippen LogP) is 17.1. The Labute approximate surface area is 394 Å². The molecule has 3 heteroatoms. The minimum Gasteiger partial charge on any atom is -0.456 e. The summed E-state index contributed by atoms with van der Waals surface area (Å²) >= 11 is 0. The van der Waals surface area contributed by atoms with Crippen molar-refractivity contribution < 1.29 is 4.42 Å². The van der Waals surface area contributed by atoms with E-state index in [-0.39, 0.29) is 11.8 Å². The van der Waals surface area contributed by atoms with Gasteiger partial charge in [0, 0.05) is 56.4 Å². The molecule has 2 unspecified atom stereocenters. The van der Waals surface area contributed by atoms with Crippen LogP contribution in [0.4, 0.5) is 17.1 Å². The van der Waals surface area contributed by atoms with Crippen LogP contribution < -0.4 is 4.90 Å². The van der Waals surface area contributed by atoms with E-state index in [1.807, 2.05) is 0 Å². The molecule has 2 aromatic heterocycles. The molecular weight excluding hydrogens is 825 g/mol. The highest BCUT2D eigenvalue weighted by molar-refractivity contribution is 6.28. The van der Waals surface area contributed by atoms with Crippen molar-refractivity contribution in [1.82, 2.24) is 4.57 Å². The van der Waals surface area contributed by atoms with Crippen LogP contribution >= 0.6 is 0 Å². The van der Waals surface area contributed by atoms with Crippen molar-refractivity contribution in [2.75, 3.05) is 4.90 Å². The molecule has 0 fully saturated rings. The highest BCUT2D eigenvalue weighted by atomic mass is 16.3. The minimum atomic E-state index is -0.435. The largest absolute Gasteiger partial charge is 0.456 e. The summed E-state index contributed by atoms with van der Waals surface area (Å²) in [6.07, 6.45) is 9.42. The zero-order valence-electron chi connectivity index (χ0n) is 37.2. The number of rotatable bonds is 7. The van der Waals surface area contributed by atoms with Gasteiger partial charge in [-0.25, -0.2) is 0 Å². The molecule has 12 aromatic rings. The molecule has 10 aromatic carbocycles. The second kappa shape index (κ2) is 15.2. The highest BCUT2D eigenvalue weighted by Gasteiger charge is 2.54. The molecule has 0 saturated heterocycles. The van der Waals surface area contributed by atoms with Gasteiger partial charge in [-0.3, -0.25) is 0 Å². The summed E-state index contributed by atoms with van der Waals surface area (Å²) in [6, 6.07) is 84.6. The lowest BCUT2D eigenvalue weighted by Gasteiger charge is -2.38. The van der Waals surface area contributed by atoms with Crippen LogP contribution in [0.25, 0.3) is 71.3 Å². The molecule has 14 rings (SSSR count). The summed E-state index contributed by atoms with van der Waals surface area (Å²) in [4.78, 5) is 2.55. The number of furan rings is 1. The van der Waals surface area contributed by atoms with Crippen LogP contribution in [-0.2, 0) is 5.41 Å². The molecule has 0 N–H and O–H groups in total. The molecule has 68 heavy (non-hydrogen) atoms. The summed E-state index contributed by atoms with van der Waals surface area (Å²) in [7, 11) is 0. The fourth-order valence-corrected chi connectivity index (χ4v) is 12.2. The number of para-hydroxylation sites is 3. The molecular formula is C65H44N2O. The predicted molar refractivity (Wildman–Crippen MR) is 283 cm³/mol. The number of aromatic nitrogens is 1. The maximum absolute atomic E-state index is 6.85. The Morgan fingerprint density at radius 2 is 1.10 bits per heavy atom. The summed E-state index contributed by atoms with van der Waals surface area (Å²) in [5.74, 6) is 0.248. The first-order chi connectivity index (χ1) is 33.8. The summed E-state index contributed by atoms with van der Waals surface area (Å²) in [6.45, 7) is 0. The zero-order valence-corrected chi connectivity index (χ0v) is 37.2. The zero-order chi connectivity index (χ0) is 44.8. The van der Waals surface area contributed by atoms with E-state index < -0.39 is 5.41 Å². The number of nitrogens with zero attached hydrogens (tertiary/aromatic N) is 2. The fraction of sp³-hybridized carbons (Fsp3) is 0.0462. The van der Waals surface area contributed by atoms with Crippen molar-refractivity contribution in [3.05, 3.63) is 277 Å². The molecule has 3 nitrogen and oxygen atoms in total. The summed E-state index contributed by atoms with van der Waals surface area (Å²) in [5, 5.41) is 7.00. The van der Waals surface area contributed by atoms with Gasteiger partial charge in [-0.15, -0.1) is 0 Å². The number of anilines is 3. The van der Waals surface area contributed by atoms with Crippen molar-refractivity contribution in [2.24, 2.45) is 5.92 Å². The van der Waals surface area contributed by atoms with E-state index in [1.165, 1.54) is 55.0 Å². The lowest BCUT2D eigenvalue weighted by molar-refractivity contribution is 0.457. The van der Waals surface area contributed by atoms with Gasteiger partial charge in [-0.2, -0.15) is 0 Å². The van der Waals surface area contributed by atoms with Gasteiger partial charge in [0.05, 0.1) is 27.8 Å². The maximum Gasteiger partial charge on any atom is 0.138 e. The van der Waals surface area contributed by atoms with Gasteiger partial charge in [-0.05, 0) is 81.1 Å². The number of benzene rings is 10. The van der Waals surface area contributed by atoms with E-state index in [9.17, 15) is 0 Å². The molecule has 2 atom stereocenters. The lowest BCUT2D eigenvalue weighted by Crippen LogP contribution is -2.34. The Kier molecular flexibility index (Phi) is 8.63. The number of fused-ring (bicyclic) bond motifs is 10. The number of hydrogen-bond donors (Lipinski definition) is 0. The minimum absolute atomic E-state index is 0.105. The van der Waals surface area contributed by atoms with E-state index in [0.717, 1.165) is 55.6 Å². The molecule has 0 radical (unpaired) electrons. The second-order valence-electron chi connectivity index (χ2n) is 18.3. The Balaban J connectivity index is 1.14. The van der Waals surface area contributed by atoms with Crippen LogP contribution in [0.5, 0.6) is 0 Å². The monoisotopic (exact) mass is 868 g/mol. The van der Waals surface area contributed by atoms with Gasteiger partial charge >= 0.3 is 0 Å². The van der Waals surface area contributed by atoms with Gasteiger partial charge in [0.15, 0.2) is 0 Å². The third kappa shape index (κ3) is 5.53. The molecule has 2 aliphatic carbocycles. The number of hydrogen-bond acceptors (Lipinski definition) is 2. The van der Waals surface area contributed by atoms with Gasteiger partial charge < -0.3 is 13.9 Å². The van der Waals surface area contributed by atoms with Crippen molar-refractivity contribution >= 4 is 71.6 Å². The van der Waals surface area contributed by atoms with Gasteiger partial charge in [0.25, 0.3) is 0 Å². The van der Waals surface area contributed by atoms with Crippen molar-refractivity contribution in [1.29, 1.82) is 0 Å². The average Bonchev–Trinajstić information content (AvgIpc) is 4.06. The van der Waals surface area contributed by atoms with Gasteiger partial charge in [0.1, 0.15) is 11.2 Å².